The van der Waals surface area contributed by atoms with E-state index in [1.54, 1.807) is 0 Å². The molecular formula is C17H26O2Si. The normalized spacial score (nSPS) is 33.0. The Morgan fingerprint density at radius 1 is 1.20 bits per heavy atom. The molecule has 3 atom stereocenters. The van der Waals surface area contributed by atoms with E-state index in [1.165, 1.54) is 5.56 Å². The van der Waals surface area contributed by atoms with Gasteiger partial charge in [0.15, 0.2) is 8.32 Å². The lowest BCUT2D eigenvalue weighted by Gasteiger charge is -2.38. The summed E-state index contributed by atoms with van der Waals surface area (Å²) >= 11 is 0. The molecule has 3 rings (SSSR count). The molecule has 0 N–H and O–H groups in total. The number of rotatable bonds is 3. The van der Waals surface area contributed by atoms with Crippen molar-refractivity contribution >= 4 is 8.32 Å². The van der Waals surface area contributed by atoms with Gasteiger partial charge >= 0.3 is 0 Å². The van der Waals surface area contributed by atoms with Crippen molar-refractivity contribution in [2.75, 3.05) is 0 Å². The summed E-state index contributed by atoms with van der Waals surface area (Å²) in [4.78, 5) is 0. The van der Waals surface area contributed by atoms with Gasteiger partial charge in [-0.25, -0.2) is 0 Å². The minimum Gasteiger partial charge on any atom is -0.411 e. The van der Waals surface area contributed by atoms with Crippen LogP contribution < -0.4 is 0 Å². The number of epoxide rings is 1. The van der Waals surface area contributed by atoms with E-state index in [0.717, 1.165) is 12.8 Å². The monoisotopic (exact) mass is 290 g/mol. The van der Waals surface area contributed by atoms with Crippen LogP contribution in [-0.2, 0) is 14.8 Å². The van der Waals surface area contributed by atoms with Gasteiger partial charge in [0.05, 0.1) is 6.10 Å². The predicted octanol–water partition coefficient (Wildman–Crippen LogP) is 4.46. The molecule has 2 fully saturated rings. The highest BCUT2D eigenvalue weighted by Gasteiger charge is 2.66. The first-order valence-electron chi connectivity index (χ1n) is 7.67. The molecule has 20 heavy (non-hydrogen) atoms. The van der Waals surface area contributed by atoms with E-state index in [9.17, 15) is 0 Å². The average Bonchev–Trinajstić information content (AvgIpc) is 3.02. The van der Waals surface area contributed by atoms with E-state index < -0.39 is 8.32 Å². The summed E-state index contributed by atoms with van der Waals surface area (Å²) in [7, 11) is -1.70. The summed E-state index contributed by atoms with van der Waals surface area (Å²) in [5, 5.41) is 0.264. The second-order valence-electron chi connectivity index (χ2n) is 7.75. The molecule has 0 amide bonds. The summed E-state index contributed by atoms with van der Waals surface area (Å²) in [6.07, 6.45) is 2.79. The molecule has 1 heterocycles. The Bertz CT molecular complexity index is 491. The standard InChI is InChI=1S/C17H26O2Si/c1-16(2,3)20(4,5)19-14-11-12-17(15(14)18-17)13-9-7-6-8-10-13/h6-10,14-15H,11-12H2,1-5H3/t14-,15+,17+/m0/s1. The molecule has 2 aliphatic rings. The molecule has 2 nitrogen and oxygen atoms in total. The lowest BCUT2D eigenvalue weighted by Crippen LogP contribution is -2.44. The van der Waals surface area contributed by atoms with Gasteiger partial charge < -0.3 is 9.16 Å². The fourth-order valence-corrected chi connectivity index (χ4v) is 4.40. The highest BCUT2D eigenvalue weighted by molar-refractivity contribution is 6.74. The fraction of sp³-hybridized carbons (Fsp3) is 0.647. The van der Waals surface area contributed by atoms with E-state index >= 15 is 0 Å². The number of fused-ring (bicyclic) bond motifs is 1. The minimum atomic E-state index is -1.70. The Labute approximate surface area is 123 Å². The Morgan fingerprint density at radius 2 is 1.85 bits per heavy atom. The van der Waals surface area contributed by atoms with Gasteiger partial charge in [0, 0.05) is 0 Å². The van der Waals surface area contributed by atoms with Crippen molar-refractivity contribution in [2.24, 2.45) is 0 Å². The lowest BCUT2D eigenvalue weighted by molar-refractivity contribution is 0.117. The van der Waals surface area contributed by atoms with Crippen LogP contribution in [0, 0.1) is 0 Å². The van der Waals surface area contributed by atoms with Crippen molar-refractivity contribution in [1.29, 1.82) is 0 Å². The first kappa shape index (κ1) is 14.3. The molecule has 1 aromatic carbocycles. The number of hydrogen-bond donors (Lipinski definition) is 0. The molecule has 1 saturated heterocycles. The molecule has 0 bridgehead atoms. The van der Waals surface area contributed by atoms with Crippen LogP contribution in [0.5, 0.6) is 0 Å². The van der Waals surface area contributed by atoms with Crippen LogP contribution in [0.2, 0.25) is 18.1 Å². The largest absolute Gasteiger partial charge is 0.411 e. The lowest BCUT2D eigenvalue weighted by atomic mass is 9.97. The first-order valence-corrected chi connectivity index (χ1v) is 10.6. The molecule has 3 heteroatoms. The average molecular weight is 290 g/mol. The van der Waals surface area contributed by atoms with Crippen LogP contribution in [0.15, 0.2) is 30.3 Å². The van der Waals surface area contributed by atoms with Crippen LogP contribution in [0.25, 0.3) is 0 Å². The maximum Gasteiger partial charge on any atom is 0.192 e. The third-order valence-corrected chi connectivity index (χ3v) is 9.90. The Hall–Kier alpha value is -0.643. The molecule has 1 aromatic rings. The van der Waals surface area contributed by atoms with Crippen LogP contribution in [0.4, 0.5) is 0 Å². The third-order valence-electron chi connectivity index (χ3n) is 5.39. The second-order valence-corrected chi connectivity index (χ2v) is 12.5. The molecule has 1 aliphatic heterocycles. The molecule has 1 saturated carbocycles. The topological polar surface area (TPSA) is 21.8 Å². The molecular weight excluding hydrogens is 264 g/mol. The van der Waals surface area contributed by atoms with E-state index in [2.05, 4.69) is 64.2 Å². The third kappa shape index (κ3) is 2.16. The van der Waals surface area contributed by atoms with E-state index in [-0.39, 0.29) is 22.8 Å². The van der Waals surface area contributed by atoms with Crippen molar-refractivity contribution in [3.05, 3.63) is 35.9 Å². The van der Waals surface area contributed by atoms with Gasteiger partial charge in [0.2, 0.25) is 0 Å². The predicted molar refractivity (Wildman–Crippen MR) is 84.3 cm³/mol. The molecule has 110 valence electrons. The zero-order chi connectivity index (χ0) is 14.6. The summed E-state index contributed by atoms with van der Waals surface area (Å²) in [5.41, 5.74) is 1.29. The molecule has 0 radical (unpaired) electrons. The quantitative estimate of drug-likeness (QED) is 0.605. The van der Waals surface area contributed by atoms with Gasteiger partial charge in [0.25, 0.3) is 0 Å². The Morgan fingerprint density at radius 3 is 2.40 bits per heavy atom. The van der Waals surface area contributed by atoms with Gasteiger partial charge in [-0.1, -0.05) is 51.1 Å². The first-order chi connectivity index (χ1) is 9.26. The van der Waals surface area contributed by atoms with Crippen LogP contribution in [-0.4, -0.2) is 20.5 Å². The van der Waals surface area contributed by atoms with Gasteiger partial charge in [0.1, 0.15) is 11.7 Å². The van der Waals surface area contributed by atoms with Crippen molar-refractivity contribution in [3.8, 4) is 0 Å². The maximum atomic E-state index is 6.58. The van der Waals surface area contributed by atoms with Gasteiger partial charge in [-0.3, -0.25) is 0 Å². The number of benzene rings is 1. The van der Waals surface area contributed by atoms with Gasteiger partial charge in [-0.2, -0.15) is 0 Å². The van der Waals surface area contributed by atoms with Crippen LogP contribution in [0.1, 0.15) is 39.2 Å². The zero-order valence-corrected chi connectivity index (χ0v) is 14.3. The highest BCUT2D eigenvalue weighted by atomic mass is 28.4. The Balaban J connectivity index is 1.73. The van der Waals surface area contributed by atoms with Crippen molar-refractivity contribution < 1.29 is 9.16 Å². The summed E-state index contributed by atoms with van der Waals surface area (Å²) < 4.78 is 12.7. The summed E-state index contributed by atoms with van der Waals surface area (Å²) in [6.45, 7) is 11.6. The van der Waals surface area contributed by atoms with Gasteiger partial charge in [-0.05, 0) is 36.5 Å². The maximum absolute atomic E-state index is 6.58. The van der Waals surface area contributed by atoms with E-state index in [0.29, 0.717) is 0 Å². The molecule has 0 spiro atoms. The molecule has 0 unspecified atom stereocenters. The summed E-state index contributed by atoms with van der Waals surface area (Å²) in [5.74, 6) is 0. The van der Waals surface area contributed by atoms with Crippen molar-refractivity contribution in [2.45, 2.75) is 69.6 Å². The number of ether oxygens (including phenoxy) is 1. The van der Waals surface area contributed by atoms with E-state index in [1.807, 2.05) is 0 Å². The van der Waals surface area contributed by atoms with Crippen LogP contribution >= 0.6 is 0 Å². The second kappa shape index (κ2) is 4.42. The SMILES string of the molecule is CC(C)(C)[Si](C)(C)O[C@H]1CC[C@]2(c3ccccc3)O[C@H]12. The molecule has 0 aromatic heterocycles. The van der Waals surface area contributed by atoms with Crippen molar-refractivity contribution in [3.63, 3.8) is 0 Å². The molecule has 1 aliphatic carbocycles. The van der Waals surface area contributed by atoms with Crippen LogP contribution in [0.3, 0.4) is 0 Å². The zero-order valence-electron chi connectivity index (χ0n) is 13.3. The highest BCUT2D eigenvalue weighted by Crippen LogP contribution is 2.59. The van der Waals surface area contributed by atoms with Crippen molar-refractivity contribution in [1.82, 2.24) is 0 Å². The smallest absolute Gasteiger partial charge is 0.192 e. The Kier molecular flexibility index (Phi) is 3.16. The van der Waals surface area contributed by atoms with E-state index in [4.69, 9.17) is 9.16 Å². The summed E-state index contributed by atoms with van der Waals surface area (Å²) in [6, 6.07) is 10.6. The number of hydrogen-bond acceptors (Lipinski definition) is 2. The minimum absolute atomic E-state index is 0.0334. The fourth-order valence-electron chi connectivity index (χ4n) is 3.05. The van der Waals surface area contributed by atoms with Gasteiger partial charge in [-0.15, -0.1) is 0 Å².